The molecule has 0 aliphatic rings. The Morgan fingerprint density at radius 1 is 0.276 bits per heavy atom. The van der Waals surface area contributed by atoms with Gasteiger partial charge in [-0.15, -0.1) is 0 Å². The van der Waals surface area contributed by atoms with Crippen LogP contribution in [0.15, 0.2) is 200 Å². The highest BCUT2D eigenvalue weighted by Crippen LogP contribution is 2.39. The Morgan fingerprint density at radius 3 is 1.55 bits per heavy atom. The van der Waals surface area contributed by atoms with Crippen molar-refractivity contribution >= 4 is 43.4 Å². The van der Waals surface area contributed by atoms with Crippen molar-refractivity contribution in [2.75, 3.05) is 0 Å². The number of pyridine rings is 2. The molecule has 0 radical (unpaired) electrons. The fourth-order valence-electron chi connectivity index (χ4n) is 8.03. The Balaban J connectivity index is 1.15. The van der Waals surface area contributed by atoms with Crippen LogP contribution in [0.5, 0.6) is 0 Å². The first-order valence-corrected chi connectivity index (χ1v) is 19.4. The van der Waals surface area contributed by atoms with Gasteiger partial charge in [-0.3, -0.25) is 4.98 Å². The van der Waals surface area contributed by atoms with Crippen LogP contribution in [0.2, 0.25) is 0 Å². The molecule has 0 saturated heterocycles. The highest BCUT2D eigenvalue weighted by Gasteiger charge is 2.18. The number of rotatable bonds is 6. The van der Waals surface area contributed by atoms with Crippen LogP contribution in [0.1, 0.15) is 0 Å². The zero-order valence-electron chi connectivity index (χ0n) is 31.3. The van der Waals surface area contributed by atoms with E-state index in [1.54, 1.807) is 0 Å². The van der Waals surface area contributed by atoms with Gasteiger partial charge in [0, 0.05) is 39.2 Å². The second-order valence-electron chi connectivity index (χ2n) is 14.5. The molecule has 0 aliphatic carbocycles. The maximum absolute atomic E-state index is 5.30. The van der Waals surface area contributed by atoms with Crippen LogP contribution in [-0.4, -0.2) is 24.9 Å². The molecule has 0 amide bonds. The first kappa shape index (κ1) is 33.4. The first-order chi connectivity index (χ1) is 28.7. The molecule has 0 spiro atoms. The van der Waals surface area contributed by atoms with E-state index in [9.17, 15) is 0 Å². The van der Waals surface area contributed by atoms with E-state index in [0.717, 1.165) is 72.0 Å². The van der Waals surface area contributed by atoms with Crippen molar-refractivity contribution in [3.63, 3.8) is 0 Å². The number of fused-ring (bicyclic) bond motifs is 6. The van der Waals surface area contributed by atoms with Gasteiger partial charge >= 0.3 is 0 Å². The van der Waals surface area contributed by atoms with Gasteiger partial charge in [0.05, 0.1) is 16.7 Å². The molecule has 0 unspecified atom stereocenters. The van der Waals surface area contributed by atoms with E-state index in [-0.39, 0.29) is 0 Å². The van der Waals surface area contributed by atoms with E-state index in [2.05, 4.69) is 152 Å². The van der Waals surface area contributed by atoms with Crippen LogP contribution in [0, 0.1) is 0 Å². The molecule has 3 heterocycles. The zero-order valence-corrected chi connectivity index (χ0v) is 31.3. The molecule has 270 valence electrons. The molecule has 0 N–H and O–H groups in total. The van der Waals surface area contributed by atoms with Gasteiger partial charge in [0.2, 0.25) is 0 Å². The summed E-state index contributed by atoms with van der Waals surface area (Å²) < 4.78 is 0. The third-order valence-electron chi connectivity index (χ3n) is 10.9. The quantitative estimate of drug-likeness (QED) is 0.159. The van der Waals surface area contributed by atoms with Crippen LogP contribution < -0.4 is 0 Å². The lowest BCUT2D eigenvalue weighted by Gasteiger charge is -2.15. The summed E-state index contributed by atoms with van der Waals surface area (Å²) in [6.07, 6.45) is 1.83. The molecule has 5 heteroatoms. The second kappa shape index (κ2) is 14.0. The molecular formula is C53H33N5. The summed E-state index contributed by atoms with van der Waals surface area (Å²) in [6, 6.07) is 67.6. The predicted molar refractivity (Wildman–Crippen MR) is 238 cm³/mol. The predicted octanol–water partition coefficient (Wildman–Crippen LogP) is 13.3. The van der Waals surface area contributed by atoms with Gasteiger partial charge in [0.1, 0.15) is 0 Å². The maximum Gasteiger partial charge on any atom is 0.164 e. The summed E-state index contributed by atoms with van der Waals surface area (Å²) >= 11 is 0. The van der Waals surface area contributed by atoms with E-state index in [1.165, 1.54) is 21.5 Å². The minimum Gasteiger partial charge on any atom is -0.254 e. The molecule has 11 aromatic rings. The normalized spacial score (nSPS) is 11.4. The smallest absolute Gasteiger partial charge is 0.164 e. The average molecular weight is 740 g/mol. The Bertz CT molecular complexity index is 3330. The van der Waals surface area contributed by atoms with E-state index in [0.29, 0.717) is 17.5 Å². The summed E-state index contributed by atoms with van der Waals surface area (Å²) in [7, 11) is 0. The highest BCUT2D eigenvalue weighted by atomic mass is 15.0. The van der Waals surface area contributed by atoms with Crippen molar-refractivity contribution in [3.05, 3.63) is 200 Å². The summed E-state index contributed by atoms with van der Waals surface area (Å²) in [5, 5.41) is 6.88. The van der Waals surface area contributed by atoms with Gasteiger partial charge in [-0.1, -0.05) is 158 Å². The average Bonchev–Trinajstić information content (AvgIpc) is 3.31. The van der Waals surface area contributed by atoms with Gasteiger partial charge in [-0.2, -0.15) is 0 Å². The largest absolute Gasteiger partial charge is 0.254 e. The first-order valence-electron chi connectivity index (χ1n) is 19.4. The minimum atomic E-state index is 0.581. The molecule has 0 bridgehead atoms. The molecule has 3 aromatic heterocycles. The van der Waals surface area contributed by atoms with Crippen LogP contribution >= 0.6 is 0 Å². The van der Waals surface area contributed by atoms with Crippen molar-refractivity contribution in [1.29, 1.82) is 0 Å². The monoisotopic (exact) mass is 739 g/mol. The molecule has 58 heavy (non-hydrogen) atoms. The van der Waals surface area contributed by atoms with E-state index in [1.807, 2.05) is 48.7 Å². The van der Waals surface area contributed by atoms with Crippen molar-refractivity contribution in [3.8, 4) is 67.7 Å². The SMILES string of the molecule is c1ccc(-c2ccc(-c3nc(-c4ccccc4)nc(-c4cc(-c5ccc6ccc7cccnc7c6n5)cc(-c5cc6ccccc6c6ccccc56)c4)n3)cc2)cc1. The Hall–Kier alpha value is -7.89. The van der Waals surface area contributed by atoms with Gasteiger partial charge < -0.3 is 0 Å². The zero-order chi connectivity index (χ0) is 38.4. The van der Waals surface area contributed by atoms with Crippen LogP contribution in [0.3, 0.4) is 0 Å². The Morgan fingerprint density at radius 2 is 0.793 bits per heavy atom. The highest BCUT2D eigenvalue weighted by molar-refractivity contribution is 6.14. The van der Waals surface area contributed by atoms with E-state index < -0.39 is 0 Å². The van der Waals surface area contributed by atoms with Crippen LogP contribution in [-0.2, 0) is 0 Å². The standard InChI is InChI=1S/C53H33N5/c1-3-12-34(13-4-1)35-21-25-39(26-22-35)52-56-51(38-14-5-2-6-15-38)57-53(58-52)43-31-41(47-33-40-16-7-8-18-44(40)45-19-9-10-20-46(45)47)30-42(32-43)48-28-27-37-24-23-36-17-11-29-54-49(36)50(37)55-48/h1-33H. The molecule has 0 atom stereocenters. The Kier molecular flexibility index (Phi) is 8.07. The van der Waals surface area contributed by atoms with Gasteiger partial charge in [-0.05, 0) is 80.2 Å². The molecule has 5 nitrogen and oxygen atoms in total. The fraction of sp³-hybridized carbons (Fsp3) is 0. The molecule has 11 rings (SSSR count). The topological polar surface area (TPSA) is 64.5 Å². The molecule has 8 aromatic carbocycles. The maximum atomic E-state index is 5.30. The summed E-state index contributed by atoms with van der Waals surface area (Å²) in [6.45, 7) is 0. The van der Waals surface area contributed by atoms with Crippen molar-refractivity contribution in [2.45, 2.75) is 0 Å². The third-order valence-corrected chi connectivity index (χ3v) is 10.9. The fourth-order valence-corrected chi connectivity index (χ4v) is 8.03. The van der Waals surface area contributed by atoms with E-state index in [4.69, 9.17) is 24.9 Å². The summed E-state index contributed by atoms with van der Waals surface area (Å²) in [5.74, 6) is 1.79. The number of hydrogen-bond donors (Lipinski definition) is 0. The van der Waals surface area contributed by atoms with Crippen molar-refractivity contribution < 1.29 is 0 Å². The van der Waals surface area contributed by atoms with Gasteiger partial charge in [-0.25, -0.2) is 19.9 Å². The summed E-state index contributed by atoms with van der Waals surface area (Å²) in [5.41, 5.74) is 10.7. The van der Waals surface area contributed by atoms with Crippen LogP contribution in [0.4, 0.5) is 0 Å². The lowest BCUT2D eigenvalue weighted by molar-refractivity contribution is 1.07. The van der Waals surface area contributed by atoms with Crippen molar-refractivity contribution in [2.24, 2.45) is 0 Å². The Labute approximate surface area is 335 Å². The minimum absolute atomic E-state index is 0.581. The summed E-state index contributed by atoms with van der Waals surface area (Å²) in [4.78, 5) is 25.5. The molecule has 0 fully saturated rings. The molecule has 0 saturated carbocycles. The number of nitrogens with zero attached hydrogens (tertiary/aromatic N) is 5. The number of aromatic nitrogens is 5. The lowest BCUT2D eigenvalue weighted by atomic mass is 9.91. The molecular weight excluding hydrogens is 707 g/mol. The number of benzene rings is 8. The van der Waals surface area contributed by atoms with Crippen molar-refractivity contribution in [1.82, 2.24) is 24.9 Å². The van der Waals surface area contributed by atoms with E-state index >= 15 is 0 Å². The molecule has 0 aliphatic heterocycles. The van der Waals surface area contributed by atoms with Crippen LogP contribution in [0.25, 0.3) is 111 Å². The van der Waals surface area contributed by atoms with Gasteiger partial charge in [0.15, 0.2) is 17.5 Å². The van der Waals surface area contributed by atoms with Gasteiger partial charge in [0.25, 0.3) is 0 Å². The lowest BCUT2D eigenvalue weighted by Crippen LogP contribution is -2.01. The second-order valence-corrected chi connectivity index (χ2v) is 14.5. The third kappa shape index (κ3) is 6.03. The number of hydrogen-bond acceptors (Lipinski definition) is 5.